The number of benzene rings is 2. The second-order valence-electron chi connectivity index (χ2n) is 9.62. The molecule has 0 unspecified atom stereocenters. The van der Waals surface area contributed by atoms with Crippen LogP contribution in [0.25, 0.3) is 6.08 Å². The van der Waals surface area contributed by atoms with Crippen molar-refractivity contribution in [2.24, 2.45) is 4.99 Å². The average Bonchev–Trinajstić information content (AvgIpc) is 3.11. The van der Waals surface area contributed by atoms with Crippen LogP contribution in [0, 0.1) is 5.82 Å². The number of carbonyl (C=O) groups excluding carboxylic acids is 2. The van der Waals surface area contributed by atoms with Crippen molar-refractivity contribution in [1.29, 1.82) is 0 Å². The van der Waals surface area contributed by atoms with Gasteiger partial charge in [-0.25, -0.2) is 9.38 Å². The number of nitrogens with zero attached hydrogens (tertiary/aromatic N) is 2. The van der Waals surface area contributed by atoms with Crippen molar-refractivity contribution in [1.82, 2.24) is 15.2 Å². The summed E-state index contributed by atoms with van der Waals surface area (Å²) >= 11 is 12.2. The van der Waals surface area contributed by atoms with Gasteiger partial charge in [-0.15, -0.1) is 0 Å². The molecule has 0 radical (unpaired) electrons. The molecule has 2 aliphatic heterocycles. The van der Waals surface area contributed by atoms with Crippen molar-refractivity contribution >= 4 is 46.8 Å². The van der Waals surface area contributed by atoms with Crippen LogP contribution in [0.1, 0.15) is 39.6 Å². The van der Waals surface area contributed by atoms with E-state index in [2.05, 4.69) is 20.5 Å². The number of carbonyl (C=O) groups is 2. The summed E-state index contributed by atoms with van der Waals surface area (Å²) in [6, 6.07) is 10.4. The van der Waals surface area contributed by atoms with Crippen LogP contribution in [0.2, 0.25) is 10.0 Å². The Balaban J connectivity index is 1.38. The van der Waals surface area contributed by atoms with Gasteiger partial charge in [-0.3, -0.25) is 14.4 Å². The second-order valence-corrected chi connectivity index (χ2v) is 10.5. The van der Waals surface area contributed by atoms with Crippen LogP contribution in [0.5, 0.6) is 0 Å². The van der Waals surface area contributed by atoms with Crippen LogP contribution in [0.4, 0.5) is 10.1 Å². The van der Waals surface area contributed by atoms with E-state index < -0.39 is 23.2 Å². The highest BCUT2D eigenvalue weighted by Gasteiger charge is 2.20. The first kappa shape index (κ1) is 28.5. The Kier molecular flexibility index (Phi) is 8.53. The number of nitrogens with one attached hydrogen (secondary N) is 3. The number of amides is 2. The molecule has 212 valence electrons. The van der Waals surface area contributed by atoms with Crippen LogP contribution in [0.15, 0.2) is 63.6 Å². The Morgan fingerprint density at radius 3 is 2.63 bits per heavy atom. The van der Waals surface area contributed by atoms with E-state index in [1.165, 1.54) is 6.07 Å². The first-order valence-corrected chi connectivity index (χ1v) is 13.6. The predicted molar refractivity (Wildman–Crippen MR) is 154 cm³/mol. The van der Waals surface area contributed by atoms with Crippen LogP contribution in [-0.4, -0.2) is 48.0 Å². The van der Waals surface area contributed by atoms with E-state index >= 15 is 0 Å². The molecule has 3 heterocycles. The maximum absolute atomic E-state index is 14.7. The molecular weight excluding hydrogens is 572 g/mol. The summed E-state index contributed by atoms with van der Waals surface area (Å²) in [5, 5.41) is 6.10. The van der Waals surface area contributed by atoms with Gasteiger partial charge in [-0.2, -0.15) is 0 Å². The minimum absolute atomic E-state index is 0.0268. The summed E-state index contributed by atoms with van der Waals surface area (Å²) in [5.74, 6) is -1.58. The zero-order chi connectivity index (χ0) is 29.1. The zero-order valence-electron chi connectivity index (χ0n) is 22.0. The number of hydrogen-bond donors (Lipinski definition) is 3. The molecular formula is C29H26Cl2FN5O4. The van der Waals surface area contributed by atoms with Crippen LogP contribution in [0.3, 0.4) is 0 Å². The summed E-state index contributed by atoms with van der Waals surface area (Å²) in [6.45, 7) is 4.65. The van der Waals surface area contributed by atoms with Crippen molar-refractivity contribution in [3.05, 3.63) is 107 Å². The van der Waals surface area contributed by atoms with Crippen LogP contribution >= 0.6 is 23.2 Å². The van der Waals surface area contributed by atoms with Gasteiger partial charge in [0.25, 0.3) is 17.4 Å². The topological polar surface area (TPSA) is 116 Å². The van der Waals surface area contributed by atoms with E-state index in [1.54, 1.807) is 24.3 Å². The molecule has 0 saturated carbocycles. The number of aromatic nitrogens is 1. The molecule has 41 heavy (non-hydrogen) atoms. The first-order valence-electron chi connectivity index (χ1n) is 12.9. The Hall–Kier alpha value is -3.99. The number of morpholine rings is 1. The molecule has 12 heteroatoms. The summed E-state index contributed by atoms with van der Waals surface area (Å²) in [4.78, 5) is 48.4. The van der Waals surface area contributed by atoms with Crippen molar-refractivity contribution in [3.8, 4) is 0 Å². The molecule has 2 aromatic carbocycles. The molecule has 3 N–H and O–H groups in total. The average molecular weight is 598 g/mol. The number of fused-ring (bicyclic) bond motifs is 1. The molecule has 2 amide bonds. The fourth-order valence-corrected chi connectivity index (χ4v) is 4.97. The fraction of sp³-hybridized carbons (Fsp3) is 0.241. The van der Waals surface area contributed by atoms with Crippen molar-refractivity contribution in [2.45, 2.75) is 19.9 Å². The van der Waals surface area contributed by atoms with E-state index in [4.69, 9.17) is 32.9 Å². The smallest absolute Gasteiger partial charge is 0.262 e. The molecule has 0 atom stereocenters. The molecule has 5 rings (SSSR count). The van der Waals surface area contributed by atoms with Gasteiger partial charge in [0.1, 0.15) is 22.7 Å². The van der Waals surface area contributed by atoms with E-state index in [1.807, 2.05) is 13.0 Å². The van der Waals surface area contributed by atoms with E-state index in [-0.39, 0.29) is 28.4 Å². The molecule has 1 saturated heterocycles. The van der Waals surface area contributed by atoms with Gasteiger partial charge >= 0.3 is 0 Å². The third-order valence-corrected chi connectivity index (χ3v) is 7.27. The quantitative estimate of drug-likeness (QED) is 0.403. The summed E-state index contributed by atoms with van der Waals surface area (Å²) in [7, 11) is 0. The predicted octanol–water partition coefficient (Wildman–Crippen LogP) is 3.37. The lowest BCUT2D eigenvalue weighted by Gasteiger charge is -2.29. The third-order valence-electron chi connectivity index (χ3n) is 6.72. The van der Waals surface area contributed by atoms with Crippen LogP contribution in [-0.2, 0) is 11.3 Å². The summed E-state index contributed by atoms with van der Waals surface area (Å²) < 4.78 is 20.1. The lowest BCUT2D eigenvalue weighted by Crippen LogP contribution is -2.40. The van der Waals surface area contributed by atoms with E-state index in [0.29, 0.717) is 48.5 Å². The Labute approximate surface area is 244 Å². The summed E-state index contributed by atoms with van der Waals surface area (Å²) in [6.07, 6.45) is 2.47. The maximum atomic E-state index is 14.7. The van der Waals surface area contributed by atoms with Gasteiger partial charge in [0.15, 0.2) is 0 Å². The van der Waals surface area contributed by atoms with Gasteiger partial charge in [0.2, 0.25) is 0 Å². The Bertz CT molecular complexity index is 1750. The van der Waals surface area contributed by atoms with E-state index in [0.717, 1.165) is 29.1 Å². The Morgan fingerprint density at radius 1 is 1.10 bits per heavy atom. The third kappa shape index (κ3) is 6.51. The second kappa shape index (κ2) is 12.3. The van der Waals surface area contributed by atoms with Gasteiger partial charge in [-0.1, -0.05) is 41.4 Å². The molecule has 1 aromatic heterocycles. The zero-order valence-corrected chi connectivity index (χ0v) is 23.5. The molecule has 3 aromatic rings. The standard InChI is InChI=1S/C29H26Cl2FN5O4/c1-16-5-6-18-12-21(29(40)36-25(18)35-26(16)37-7-9-41-10-8-37)28(39)34-24-13-20(23(32)14-22(24)31)27(38)33-15-17-3-2-4-19(30)11-17/h2-4,6,11-14H,5,7-10,15H2,1H3,(H,33,38)(H,34,39)(H,35,36,40). The highest BCUT2D eigenvalue weighted by Crippen LogP contribution is 2.26. The summed E-state index contributed by atoms with van der Waals surface area (Å²) in [5.41, 5.74) is 0.903. The largest absolute Gasteiger partial charge is 0.378 e. The number of halogens is 3. The molecule has 1 fully saturated rings. The van der Waals surface area contributed by atoms with Gasteiger partial charge < -0.3 is 25.3 Å². The number of pyridine rings is 1. The monoisotopic (exact) mass is 597 g/mol. The molecule has 0 aliphatic carbocycles. The number of rotatable bonds is 6. The minimum atomic E-state index is -0.866. The lowest BCUT2D eigenvalue weighted by atomic mass is 10.1. The molecule has 2 aliphatic rings. The van der Waals surface area contributed by atoms with Crippen molar-refractivity contribution in [2.75, 3.05) is 31.6 Å². The van der Waals surface area contributed by atoms with Gasteiger partial charge in [0.05, 0.1) is 29.5 Å². The molecule has 0 bridgehead atoms. The SMILES string of the molecule is CC1=C(N2CCOCC2)N=c2[nH]c(=O)c(C(=O)Nc3cc(C(=O)NCc4cccc(Cl)c4)c(F)cc3Cl)cc2=CC1. The number of aromatic amines is 1. The van der Waals surface area contributed by atoms with Crippen LogP contribution < -0.4 is 26.9 Å². The molecule has 9 nitrogen and oxygen atoms in total. The number of ether oxygens (including phenoxy) is 1. The van der Waals surface area contributed by atoms with E-state index in [9.17, 15) is 18.8 Å². The van der Waals surface area contributed by atoms with Gasteiger partial charge in [0, 0.05) is 29.9 Å². The first-order chi connectivity index (χ1) is 19.7. The highest BCUT2D eigenvalue weighted by molar-refractivity contribution is 6.34. The normalized spacial score (nSPS) is 14.9. The lowest BCUT2D eigenvalue weighted by molar-refractivity contribution is 0.0523. The maximum Gasteiger partial charge on any atom is 0.262 e. The van der Waals surface area contributed by atoms with Gasteiger partial charge in [-0.05, 0) is 54.8 Å². The Morgan fingerprint density at radius 2 is 1.88 bits per heavy atom. The van der Waals surface area contributed by atoms with Crippen molar-refractivity contribution in [3.63, 3.8) is 0 Å². The van der Waals surface area contributed by atoms with Crippen molar-refractivity contribution < 1.29 is 18.7 Å². The number of H-pyrrole nitrogens is 1. The number of allylic oxidation sites excluding steroid dienone is 1. The minimum Gasteiger partial charge on any atom is -0.378 e. The number of anilines is 1. The molecule has 0 spiro atoms. The fourth-order valence-electron chi connectivity index (χ4n) is 4.56. The number of hydrogen-bond acceptors (Lipinski definition) is 6. The highest BCUT2D eigenvalue weighted by atomic mass is 35.5.